The maximum atomic E-state index is 12.3. The molecule has 0 aromatic rings. The molecule has 2 N–H and O–H groups in total. The van der Waals surface area contributed by atoms with Gasteiger partial charge in [0, 0.05) is 0 Å². The van der Waals surface area contributed by atoms with E-state index in [1.165, 1.54) is 0 Å². The van der Waals surface area contributed by atoms with Crippen molar-refractivity contribution in [2.24, 2.45) is 5.73 Å². The molecule has 0 bridgehead atoms. The van der Waals surface area contributed by atoms with Crippen molar-refractivity contribution >= 4 is 0 Å². The Hall–Kier alpha value is -0.110. The normalized spacial score (nSPS) is 13.9. The van der Waals surface area contributed by atoms with Crippen LogP contribution in [-0.4, -0.2) is 12.7 Å². The van der Waals surface area contributed by atoms with E-state index in [9.17, 15) is 4.39 Å². The van der Waals surface area contributed by atoms with Gasteiger partial charge in [0.15, 0.2) is 0 Å². The van der Waals surface area contributed by atoms with Gasteiger partial charge in [-0.3, -0.25) is 0 Å². The van der Waals surface area contributed by atoms with Gasteiger partial charge in [0.25, 0.3) is 0 Å². The summed E-state index contributed by atoms with van der Waals surface area (Å²) in [7, 11) is 0. The standard InChI is InChI=1S/C6H14FN/c1-2-6(7)4-3-5-8/h6H,2-5,8H2,1H3. The van der Waals surface area contributed by atoms with Gasteiger partial charge in [-0.1, -0.05) is 6.92 Å². The Morgan fingerprint density at radius 1 is 1.62 bits per heavy atom. The molecule has 0 spiro atoms. The van der Waals surface area contributed by atoms with E-state index in [-0.39, 0.29) is 0 Å². The highest BCUT2D eigenvalue weighted by Crippen LogP contribution is 2.03. The number of rotatable bonds is 4. The average Bonchev–Trinajstić information content (AvgIpc) is 1.83. The molecular weight excluding hydrogens is 105 g/mol. The zero-order valence-corrected chi connectivity index (χ0v) is 5.36. The summed E-state index contributed by atoms with van der Waals surface area (Å²) in [5.41, 5.74) is 5.16. The van der Waals surface area contributed by atoms with Crippen LogP contribution in [0.4, 0.5) is 4.39 Å². The molecule has 0 rings (SSSR count). The SMILES string of the molecule is CCC(F)CCCN. The van der Waals surface area contributed by atoms with E-state index >= 15 is 0 Å². The predicted molar refractivity (Wildman–Crippen MR) is 33.5 cm³/mol. The first kappa shape index (κ1) is 7.89. The molecule has 0 heterocycles. The van der Waals surface area contributed by atoms with Crippen LogP contribution in [0.1, 0.15) is 26.2 Å². The topological polar surface area (TPSA) is 26.0 Å². The minimum absolute atomic E-state index is 0.612. The van der Waals surface area contributed by atoms with Gasteiger partial charge in [-0.15, -0.1) is 0 Å². The Morgan fingerprint density at radius 3 is 2.62 bits per heavy atom. The lowest BCUT2D eigenvalue weighted by Gasteiger charge is -2.00. The van der Waals surface area contributed by atoms with Gasteiger partial charge in [0.05, 0.1) is 6.17 Å². The van der Waals surface area contributed by atoms with Gasteiger partial charge in [-0.2, -0.15) is 0 Å². The minimum atomic E-state index is -0.626. The first-order valence-corrected chi connectivity index (χ1v) is 3.15. The molecule has 2 heteroatoms. The van der Waals surface area contributed by atoms with Crippen LogP contribution in [0.25, 0.3) is 0 Å². The molecule has 0 saturated heterocycles. The molecule has 8 heavy (non-hydrogen) atoms. The van der Waals surface area contributed by atoms with Crippen LogP contribution in [0.3, 0.4) is 0 Å². The third-order valence-electron chi connectivity index (χ3n) is 1.16. The summed E-state index contributed by atoms with van der Waals surface area (Å²) in [6.07, 6.45) is 1.45. The highest BCUT2D eigenvalue weighted by Gasteiger charge is 1.99. The molecule has 1 nitrogen and oxygen atoms in total. The lowest BCUT2D eigenvalue weighted by Crippen LogP contribution is -2.04. The Kier molecular flexibility index (Phi) is 4.97. The summed E-state index contributed by atoms with van der Waals surface area (Å²) >= 11 is 0. The number of hydrogen-bond acceptors (Lipinski definition) is 1. The molecule has 0 aliphatic rings. The van der Waals surface area contributed by atoms with Crippen molar-refractivity contribution in [1.82, 2.24) is 0 Å². The van der Waals surface area contributed by atoms with Crippen LogP contribution < -0.4 is 5.73 Å². The molecule has 0 aromatic heterocycles. The van der Waals surface area contributed by atoms with Crippen molar-refractivity contribution in [3.63, 3.8) is 0 Å². The van der Waals surface area contributed by atoms with Gasteiger partial charge >= 0.3 is 0 Å². The molecule has 1 atom stereocenters. The minimum Gasteiger partial charge on any atom is -0.330 e. The number of nitrogens with two attached hydrogens (primary N) is 1. The van der Waals surface area contributed by atoms with E-state index in [0.717, 1.165) is 6.42 Å². The first-order valence-electron chi connectivity index (χ1n) is 3.15. The molecule has 0 aromatic carbocycles. The predicted octanol–water partition coefficient (Wildman–Crippen LogP) is 1.47. The molecule has 0 aliphatic heterocycles. The second-order valence-corrected chi connectivity index (χ2v) is 1.94. The fraction of sp³-hybridized carbons (Fsp3) is 1.00. The number of alkyl halides is 1. The zero-order valence-electron chi connectivity index (χ0n) is 5.36. The summed E-state index contributed by atoms with van der Waals surface area (Å²) in [5.74, 6) is 0. The third-order valence-corrected chi connectivity index (χ3v) is 1.16. The van der Waals surface area contributed by atoms with Crippen LogP contribution >= 0.6 is 0 Å². The molecule has 50 valence electrons. The molecule has 0 saturated carbocycles. The molecular formula is C6H14FN. The van der Waals surface area contributed by atoms with E-state index in [4.69, 9.17) is 5.73 Å². The van der Waals surface area contributed by atoms with Crippen LogP contribution in [0.15, 0.2) is 0 Å². The van der Waals surface area contributed by atoms with Crippen LogP contribution in [-0.2, 0) is 0 Å². The highest BCUT2D eigenvalue weighted by atomic mass is 19.1. The van der Waals surface area contributed by atoms with Crippen LogP contribution in [0.5, 0.6) is 0 Å². The number of halogens is 1. The lowest BCUT2D eigenvalue weighted by atomic mass is 10.2. The van der Waals surface area contributed by atoms with E-state index in [2.05, 4.69) is 0 Å². The molecule has 0 fully saturated rings. The van der Waals surface area contributed by atoms with E-state index in [1.54, 1.807) is 0 Å². The van der Waals surface area contributed by atoms with Crippen molar-refractivity contribution < 1.29 is 4.39 Å². The summed E-state index contributed by atoms with van der Waals surface area (Å²) in [5, 5.41) is 0. The van der Waals surface area contributed by atoms with E-state index < -0.39 is 6.17 Å². The Labute approximate surface area is 50.1 Å². The average molecular weight is 119 g/mol. The third kappa shape index (κ3) is 4.06. The Bertz CT molecular complexity index is 47.8. The Morgan fingerprint density at radius 2 is 2.25 bits per heavy atom. The van der Waals surface area contributed by atoms with Crippen molar-refractivity contribution in [3.8, 4) is 0 Å². The summed E-state index contributed by atoms with van der Waals surface area (Å²) in [6.45, 7) is 2.46. The summed E-state index contributed by atoms with van der Waals surface area (Å²) in [6, 6.07) is 0. The highest BCUT2D eigenvalue weighted by molar-refractivity contribution is 4.52. The summed E-state index contributed by atoms with van der Waals surface area (Å²) in [4.78, 5) is 0. The first-order chi connectivity index (χ1) is 3.81. The van der Waals surface area contributed by atoms with Gasteiger partial charge in [0.1, 0.15) is 0 Å². The van der Waals surface area contributed by atoms with Gasteiger partial charge < -0.3 is 5.73 Å². The van der Waals surface area contributed by atoms with Crippen LogP contribution in [0.2, 0.25) is 0 Å². The fourth-order valence-corrected chi connectivity index (χ4v) is 0.543. The van der Waals surface area contributed by atoms with Crippen molar-refractivity contribution in [2.75, 3.05) is 6.54 Å². The fourth-order valence-electron chi connectivity index (χ4n) is 0.543. The zero-order chi connectivity index (χ0) is 6.41. The Balaban J connectivity index is 2.86. The molecule has 0 aliphatic carbocycles. The lowest BCUT2D eigenvalue weighted by molar-refractivity contribution is 0.301. The maximum Gasteiger partial charge on any atom is 0.0999 e. The van der Waals surface area contributed by atoms with Gasteiger partial charge in [0.2, 0.25) is 0 Å². The molecule has 0 amide bonds. The largest absolute Gasteiger partial charge is 0.330 e. The van der Waals surface area contributed by atoms with Crippen molar-refractivity contribution in [1.29, 1.82) is 0 Å². The van der Waals surface area contributed by atoms with Gasteiger partial charge in [-0.05, 0) is 25.8 Å². The summed E-state index contributed by atoms with van der Waals surface area (Å²) < 4.78 is 12.3. The van der Waals surface area contributed by atoms with Crippen molar-refractivity contribution in [3.05, 3.63) is 0 Å². The van der Waals surface area contributed by atoms with E-state index in [0.29, 0.717) is 19.4 Å². The van der Waals surface area contributed by atoms with E-state index in [1.807, 2.05) is 6.92 Å². The number of hydrogen-bond donors (Lipinski definition) is 1. The smallest absolute Gasteiger partial charge is 0.0999 e. The van der Waals surface area contributed by atoms with Gasteiger partial charge in [-0.25, -0.2) is 4.39 Å². The monoisotopic (exact) mass is 119 g/mol. The quantitative estimate of drug-likeness (QED) is 0.596. The second-order valence-electron chi connectivity index (χ2n) is 1.94. The molecule has 0 radical (unpaired) electrons. The van der Waals surface area contributed by atoms with Crippen molar-refractivity contribution in [2.45, 2.75) is 32.4 Å². The molecule has 1 unspecified atom stereocenters. The maximum absolute atomic E-state index is 12.3. The second kappa shape index (κ2) is 5.04. The van der Waals surface area contributed by atoms with Crippen LogP contribution in [0, 0.1) is 0 Å².